The van der Waals surface area contributed by atoms with Gasteiger partial charge in [0, 0.05) is 22.6 Å². The van der Waals surface area contributed by atoms with Gasteiger partial charge in [0.1, 0.15) is 30.3 Å². The van der Waals surface area contributed by atoms with Gasteiger partial charge in [-0.2, -0.15) is 5.26 Å². The molecule has 4 aromatic rings. The summed E-state index contributed by atoms with van der Waals surface area (Å²) in [5.74, 6) is 0.00140. The van der Waals surface area contributed by atoms with Crippen LogP contribution in [0.25, 0.3) is 11.8 Å². The monoisotopic (exact) mass is 575 g/mol. The highest BCUT2D eigenvalue weighted by Crippen LogP contribution is 2.26. The quantitative estimate of drug-likeness (QED) is 0.212. The van der Waals surface area contributed by atoms with Crippen LogP contribution in [-0.4, -0.2) is 41.0 Å². The number of carbonyl (C=O) groups excluding carboxylic acids is 3. The third kappa shape index (κ3) is 6.11. The second-order valence-corrected chi connectivity index (χ2v) is 9.84. The van der Waals surface area contributed by atoms with Crippen molar-refractivity contribution in [1.29, 1.82) is 5.26 Å². The minimum atomic E-state index is -0.673. The molecule has 2 heterocycles. The summed E-state index contributed by atoms with van der Waals surface area (Å²) < 4.78 is 13.2. The number of aryl methyl sites for hydroxylation is 1. The molecule has 5 rings (SSSR count). The number of carbonyl (C=O) groups is 3. The summed E-state index contributed by atoms with van der Waals surface area (Å²) in [7, 11) is 1.49. The first-order valence-electron chi connectivity index (χ1n) is 13.5. The number of anilines is 1. The molecule has 2 N–H and O–H groups in total. The van der Waals surface area contributed by atoms with Gasteiger partial charge in [-0.25, -0.2) is 9.69 Å². The van der Waals surface area contributed by atoms with E-state index in [1.165, 1.54) is 7.11 Å². The standard InChI is InChI=1S/C33H29N5O5/c1-21-16-25(17-29-32(40)37(33(41)36-29)19-31(39)35-28-10-6-7-11-30(28)42-3)22(2)38(21)26-12-14-27(15-13-26)43-20-24-9-5-4-8-23(24)18-34/h4-17H,19-20H2,1-3H3,(H,35,39)(H,36,41)/b29-17+. The molecule has 0 spiro atoms. The number of amides is 4. The minimum absolute atomic E-state index is 0.0803. The van der Waals surface area contributed by atoms with Crippen molar-refractivity contribution in [2.45, 2.75) is 20.5 Å². The lowest BCUT2D eigenvalue weighted by Gasteiger charge is -2.13. The van der Waals surface area contributed by atoms with Gasteiger partial charge in [0.05, 0.1) is 24.4 Å². The fourth-order valence-corrected chi connectivity index (χ4v) is 4.89. The molecule has 43 heavy (non-hydrogen) atoms. The molecule has 1 aromatic heterocycles. The number of nitriles is 1. The summed E-state index contributed by atoms with van der Waals surface area (Å²) in [5.41, 5.74) is 5.33. The molecule has 216 valence electrons. The summed E-state index contributed by atoms with van der Waals surface area (Å²) in [6, 6.07) is 25.2. The SMILES string of the molecule is COc1ccccc1NC(=O)CN1C(=O)N/C(=C/c2cc(C)n(-c3ccc(OCc4ccccc4C#N)cc3)c2C)C1=O. The normalized spacial score (nSPS) is 13.5. The van der Waals surface area contributed by atoms with Crippen LogP contribution in [0.4, 0.5) is 10.5 Å². The lowest BCUT2D eigenvalue weighted by Crippen LogP contribution is -2.38. The zero-order valence-electron chi connectivity index (χ0n) is 23.9. The smallest absolute Gasteiger partial charge is 0.329 e. The van der Waals surface area contributed by atoms with Crippen LogP contribution >= 0.6 is 0 Å². The average Bonchev–Trinajstić information content (AvgIpc) is 3.44. The van der Waals surface area contributed by atoms with Crippen molar-refractivity contribution < 1.29 is 23.9 Å². The lowest BCUT2D eigenvalue weighted by atomic mass is 10.1. The number of methoxy groups -OCH3 is 1. The number of rotatable bonds is 9. The van der Waals surface area contributed by atoms with Crippen molar-refractivity contribution in [1.82, 2.24) is 14.8 Å². The Kier molecular flexibility index (Phi) is 8.25. The van der Waals surface area contributed by atoms with Crippen LogP contribution in [0.2, 0.25) is 0 Å². The average molecular weight is 576 g/mol. The molecule has 10 nitrogen and oxygen atoms in total. The molecule has 0 atom stereocenters. The van der Waals surface area contributed by atoms with Crippen molar-refractivity contribution in [3.05, 3.63) is 113 Å². The lowest BCUT2D eigenvalue weighted by molar-refractivity contribution is -0.127. The van der Waals surface area contributed by atoms with Crippen molar-refractivity contribution in [3.8, 4) is 23.3 Å². The number of urea groups is 1. The fourth-order valence-electron chi connectivity index (χ4n) is 4.89. The van der Waals surface area contributed by atoms with Crippen LogP contribution in [-0.2, 0) is 16.2 Å². The van der Waals surface area contributed by atoms with Crippen LogP contribution in [0.1, 0.15) is 28.1 Å². The van der Waals surface area contributed by atoms with Gasteiger partial charge < -0.3 is 24.7 Å². The third-order valence-corrected chi connectivity index (χ3v) is 7.04. The number of nitrogens with zero attached hydrogens (tertiary/aromatic N) is 3. The summed E-state index contributed by atoms with van der Waals surface area (Å²) in [6.45, 7) is 3.70. The Morgan fingerprint density at radius 3 is 2.49 bits per heavy atom. The van der Waals surface area contributed by atoms with E-state index >= 15 is 0 Å². The van der Waals surface area contributed by atoms with E-state index in [0.717, 1.165) is 33.1 Å². The predicted octanol–water partition coefficient (Wildman–Crippen LogP) is 5.08. The first-order chi connectivity index (χ1) is 20.8. The van der Waals surface area contributed by atoms with Crippen molar-refractivity contribution in [2.75, 3.05) is 19.0 Å². The second kappa shape index (κ2) is 12.4. The highest BCUT2D eigenvalue weighted by atomic mass is 16.5. The maximum Gasteiger partial charge on any atom is 0.329 e. The Morgan fingerprint density at radius 1 is 1.02 bits per heavy atom. The second-order valence-electron chi connectivity index (χ2n) is 9.84. The Hall–Kier alpha value is -5.82. The molecule has 10 heteroatoms. The molecule has 1 aliphatic heterocycles. The molecule has 0 radical (unpaired) electrons. The van der Waals surface area contributed by atoms with Gasteiger partial charge in [-0.1, -0.05) is 30.3 Å². The van der Waals surface area contributed by atoms with Gasteiger partial charge in [0.2, 0.25) is 5.91 Å². The maximum atomic E-state index is 13.1. The largest absolute Gasteiger partial charge is 0.495 e. The predicted molar refractivity (Wildman–Crippen MR) is 161 cm³/mol. The number of imide groups is 1. The number of nitrogens with one attached hydrogen (secondary N) is 2. The van der Waals surface area contributed by atoms with Crippen LogP contribution in [0, 0.1) is 25.2 Å². The van der Waals surface area contributed by atoms with Gasteiger partial charge in [-0.3, -0.25) is 9.59 Å². The molecule has 1 aliphatic rings. The molecule has 1 saturated heterocycles. The first kappa shape index (κ1) is 28.7. The van der Waals surface area contributed by atoms with E-state index < -0.39 is 24.4 Å². The van der Waals surface area contributed by atoms with E-state index in [0.29, 0.717) is 22.7 Å². The summed E-state index contributed by atoms with van der Waals surface area (Å²) in [4.78, 5) is 39.2. The fraction of sp³-hybridized carbons (Fsp3) is 0.152. The molecule has 0 bridgehead atoms. The summed E-state index contributed by atoms with van der Waals surface area (Å²) >= 11 is 0. The van der Waals surface area contributed by atoms with Crippen molar-refractivity contribution in [2.24, 2.45) is 0 Å². The third-order valence-electron chi connectivity index (χ3n) is 7.04. The van der Waals surface area contributed by atoms with Crippen molar-refractivity contribution >= 4 is 29.6 Å². The number of ether oxygens (including phenoxy) is 2. The Balaban J connectivity index is 1.28. The summed E-state index contributed by atoms with van der Waals surface area (Å²) in [5, 5.41) is 14.5. The Morgan fingerprint density at radius 2 is 1.74 bits per heavy atom. The molecule has 0 saturated carbocycles. The molecule has 4 amide bonds. The van der Waals surface area contributed by atoms with E-state index in [-0.39, 0.29) is 12.3 Å². The molecule has 0 unspecified atom stereocenters. The Bertz CT molecular complexity index is 1780. The zero-order valence-corrected chi connectivity index (χ0v) is 23.9. The minimum Gasteiger partial charge on any atom is -0.495 e. The molecule has 0 aliphatic carbocycles. The number of hydrogen-bond donors (Lipinski definition) is 2. The van der Waals surface area contributed by atoms with E-state index in [4.69, 9.17) is 9.47 Å². The van der Waals surface area contributed by atoms with Crippen molar-refractivity contribution in [3.63, 3.8) is 0 Å². The Labute approximate surface area is 248 Å². The van der Waals surface area contributed by atoms with E-state index in [1.54, 1.807) is 36.4 Å². The number of benzene rings is 3. The van der Waals surface area contributed by atoms with E-state index in [9.17, 15) is 19.6 Å². The first-order valence-corrected chi connectivity index (χ1v) is 13.5. The zero-order chi connectivity index (χ0) is 30.5. The van der Waals surface area contributed by atoms with E-state index in [1.807, 2.05) is 66.9 Å². The summed E-state index contributed by atoms with van der Waals surface area (Å²) in [6.07, 6.45) is 1.61. The van der Waals surface area contributed by atoms with Gasteiger partial charge in [-0.15, -0.1) is 0 Å². The van der Waals surface area contributed by atoms with E-state index in [2.05, 4.69) is 16.7 Å². The molecule has 3 aromatic carbocycles. The van der Waals surface area contributed by atoms with Crippen LogP contribution in [0.3, 0.4) is 0 Å². The highest BCUT2D eigenvalue weighted by Gasteiger charge is 2.35. The topological polar surface area (TPSA) is 126 Å². The highest BCUT2D eigenvalue weighted by molar-refractivity contribution is 6.16. The number of hydrogen-bond acceptors (Lipinski definition) is 6. The molecular formula is C33H29N5O5. The molecule has 1 fully saturated rings. The number of aromatic nitrogens is 1. The van der Waals surface area contributed by atoms with Gasteiger partial charge in [0.25, 0.3) is 5.91 Å². The van der Waals surface area contributed by atoms with Gasteiger partial charge in [0.15, 0.2) is 0 Å². The molecular weight excluding hydrogens is 546 g/mol. The van der Waals surface area contributed by atoms with Crippen LogP contribution < -0.4 is 20.1 Å². The number of para-hydroxylation sites is 2. The van der Waals surface area contributed by atoms with Gasteiger partial charge in [-0.05, 0) is 74.0 Å². The van der Waals surface area contributed by atoms with Crippen LogP contribution in [0.15, 0.2) is 84.6 Å². The maximum absolute atomic E-state index is 13.1. The van der Waals surface area contributed by atoms with Gasteiger partial charge >= 0.3 is 6.03 Å². The van der Waals surface area contributed by atoms with Crippen LogP contribution in [0.5, 0.6) is 11.5 Å².